The van der Waals surface area contributed by atoms with E-state index < -0.39 is 0 Å². The Bertz CT molecular complexity index is 934. The number of hydrogen-bond donors (Lipinski definition) is 2. The second-order valence-electron chi connectivity index (χ2n) is 7.29. The van der Waals surface area contributed by atoms with Crippen LogP contribution in [0.15, 0.2) is 42.5 Å². The average molecular weight is 415 g/mol. The highest BCUT2D eigenvalue weighted by Gasteiger charge is 2.11. The molecule has 3 rings (SSSR count). The topological polar surface area (TPSA) is 72.9 Å². The third kappa shape index (κ3) is 5.73. The van der Waals surface area contributed by atoms with E-state index in [1.165, 1.54) is 24.8 Å². The van der Waals surface area contributed by atoms with Crippen molar-refractivity contribution in [1.29, 1.82) is 0 Å². The molecule has 3 aromatic rings. The lowest BCUT2D eigenvalue weighted by atomic mass is 10.1. The Hall–Kier alpha value is -2.53. The van der Waals surface area contributed by atoms with Crippen LogP contribution >= 0.6 is 12.4 Å². The van der Waals surface area contributed by atoms with Gasteiger partial charge in [0.2, 0.25) is 5.95 Å². The predicted molar refractivity (Wildman–Crippen MR) is 124 cm³/mol. The van der Waals surface area contributed by atoms with Gasteiger partial charge in [-0.1, -0.05) is 45.2 Å². The fourth-order valence-corrected chi connectivity index (χ4v) is 3.38. The smallest absolute Gasteiger partial charge is 0.255 e. The van der Waals surface area contributed by atoms with Crippen LogP contribution < -0.4 is 11.1 Å². The molecule has 0 aliphatic carbocycles. The Kier molecular flexibility index (Phi) is 8.52. The van der Waals surface area contributed by atoms with Gasteiger partial charge in [0, 0.05) is 17.8 Å². The number of carbonyl (C=O) groups is 1. The molecule has 6 heteroatoms. The first kappa shape index (κ1) is 22.8. The van der Waals surface area contributed by atoms with Crippen molar-refractivity contribution >= 4 is 41.0 Å². The molecule has 0 saturated carbocycles. The molecular formula is C23H31ClN4O. The minimum Gasteiger partial charge on any atom is -0.369 e. The van der Waals surface area contributed by atoms with Gasteiger partial charge in [-0.05, 0) is 55.2 Å². The molecule has 1 amide bonds. The number of aromatic nitrogens is 2. The number of rotatable bonds is 9. The van der Waals surface area contributed by atoms with Gasteiger partial charge in [-0.2, -0.15) is 0 Å². The maximum absolute atomic E-state index is 12.6. The molecule has 2 aromatic carbocycles. The summed E-state index contributed by atoms with van der Waals surface area (Å²) in [4.78, 5) is 17.0. The Morgan fingerprint density at radius 1 is 1.03 bits per heavy atom. The van der Waals surface area contributed by atoms with Crippen LogP contribution in [-0.2, 0) is 13.0 Å². The SMILES string of the molecule is CCCCCc1ccc(C(=O)Nc2ccc3nc(N)n(CCCC)c3c2)cc1.Cl. The second kappa shape index (κ2) is 10.9. The van der Waals surface area contributed by atoms with Gasteiger partial charge in [0.15, 0.2) is 0 Å². The molecular weight excluding hydrogens is 384 g/mol. The van der Waals surface area contributed by atoms with Crippen LogP contribution in [0.4, 0.5) is 11.6 Å². The van der Waals surface area contributed by atoms with E-state index in [0.29, 0.717) is 11.5 Å². The number of benzene rings is 2. The van der Waals surface area contributed by atoms with Crippen LogP contribution in [0.3, 0.4) is 0 Å². The third-order valence-electron chi connectivity index (χ3n) is 5.06. The van der Waals surface area contributed by atoms with Crippen LogP contribution in [0.2, 0.25) is 0 Å². The summed E-state index contributed by atoms with van der Waals surface area (Å²) in [5.41, 5.74) is 10.6. The zero-order valence-corrected chi connectivity index (χ0v) is 18.1. The van der Waals surface area contributed by atoms with E-state index in [1.54, 1.807) is 0 Å². The van der Waals surface area contributed by atoms with E-state index in [1.807, 2.05) is 47.0 Å². The number of nitrogens with one attached hydrogen (secondary N) is 1. The van der Waals surface area contributed by atoms with Crippen molar-refractivity contribution in [2.24, 2.45) is 0 Å². The van der Waals surface area contributed by atoms with Crippen molar-refractivity contribution in [3.8, 4) is 0 Å². The molecule has 156 valence electrons. The van der Waals surface area contributed by atoms with Crippen molar-refractivity contribution in [3.63, 3.8) is 0 Å². The average Bonchev–Trinajstić information content (AvgIpc) is 3.01. The van der Waals surface area contributed by atoms with Crippen LogP contribution in [0, 0.1) is 0 Å². The lowest BCUT2D eigenvalue weighted by Crippen LogP contribution is -2.12. The summed E-state index contributed by atoms with van der Waals surface area (Å²) in [6.45, 7) is 5.18. The van der Waals surface area contributed by atoms with Crippen LogP contribution in [-0.4, -0.2) is 15.5 Å². The summed E-state index contributed by atoms with van der Waals surface area (Å²) in [5, 5.41) is 2.99. The first-order chi connectivity index (χ1) is 13.6. The Morgan fingerprint density at radius 3 is 2.45 bits per heavy atom. The normalized spacial score (nSPS) is 10.7. The number of anilines is 2. The van der Waals surface area contributed by atoms with Gasteiger partial charge in [-0.25, -0.2) is 4.98 Å². The molecule has 0 unspecified atom stereocenters. The fourth-order valence-electron chi connectivity index (χ4n) is 3.38. The van der Waals surface area contributed by atoms with Gasteiger partial charge in [0.25, 0.3) is 5.91 Å². The summed E-state index contributed by atoms with van der Waals surface area (Å²) in [7, 11) is 0. The first-order valence-electron chi connectivity index (χ1n) is 10.3. The van der Waals surface area contributed by atoms with Crippen molar-refractivity contribution in [1.82, 2.24) is 9.55 Å². The highest BCUT2D eigenvalue weighted by atomic mass is 35.5. The van der Waals surface area contributed by atoms with Crippen LogP contribution in [0.5, 0.6) is 0 Å². The lowest BCUT2D eigenvalue weighted by molar-refractivity contribution is 0.102. The van der Waals surface area contributed by atoms with Crippen LogP contribution in [0.1, 0.15) is 61.9 Å². The summed E-state index contributed by atoms with van der Waals surface area (Å²) < 4.78 is 2.01. The molecule has 1 aromatic heterocycles. The number of amides is 1. The molecule has 29 heavy (non-hydrogen) atoms. The Balaban J connectivity index is 0.00000300. The van der Waals surface area contributed by atoms with Crippen molar-refractivity contribution in [2.45, 2.75) is 58.9 Å². The van der Waals surface area contributed by atoms with E-state index in [0.717, 1.165) is 42.5 Å². The zero-order chi connectivity index (χ0) is 19.9. The number of unbranched alkanes of at least 4 members (excludes halogenated alkanes) is 3. The van der Waals surface area contributed by atoms with Gasteiger partial charge in [-0.15, -0.1) is 12.4 Å². The molecule has 0 bridgehead atoms. The lowest BCUT2D eigenvalue weighted by Gasteiger charge is -2.09. The first-order valence-corrected chi connectivity index (χ1v) is 10.3. The standard InChI is InChI=1S/C23H30N4O.ClH/c1-3-5-7-8-17-9-11-18(12-10-17)22(28)25-19-13-14-20-21(16-19)27(15-6-4-2)23(24)26-20;/h9-14,16H,3-8,15H2,1-2H3,(H2,24,26)(H,25,28);1H. The molecule has 1 heterocycles. The number of carbonyl (C=O) groups excluding carboxylic acids is 1. The fraction of sp³-hybridized carbons (Fsp3) is 0.391. The molecule has 0 saturated heterocycles. The molecule has 0 aliphatic rings. The number of aryl methyl sites for hydroxylation is 2. The number of nitrogen functional groups attached to an aromatic ring is 1. The molecule has 5 nitrogen and oxygen atoms in total. The summed E-state index contributed by atoms with van der Waals surface area (Å²) >= 11 is 0. The third-order valence-corrected chi connectivity index (χ3v) is 5.06. The predicted octanol–water partition coefficient (Wildman–Crippen LogP) is 5.83. The number of halogens is 1. The largest absolute Gasteiger partial charge is 0.369 e. The van der Waals surface area contributed by atoms with Gasteiger partial charge in [0.1, 0.15) is 0 Å². The molecule has 3 N–H and O–H groups in total. The highest BCUT2D eigenvalue weighted by Crippen LogP contribution is 2.23. The quantitative estimate of drug-likeness (QED) is 0.433. The van der Waals surface area contributed by atoms with E-state index in [2.05, 4.69) is 24.1 Å². The minimum absolute atomic E-state index is 0. The summed E-state index contributed by atoms with van der Waals surface area (Å²) in [6, 6.07) is 13.6. The van der Waals surface area contributed by atoms with Gasteiger partial charge >= 0.3 is 0 Å². The Morgan fingerprint density at radius 2 is 1.76 bits per heavy atom. The van der Waals surface area contributed by atoms with Crippen molar-refractivity contribution < 1.29 is 4.79 Å². The van der Waals surface area contributed by atoms with E-state index in [4.69, 9.17) is 5.73 Å². The summed E-state index contributed by atoms with van der Waals surface area (Å²) in [6.07, 6.45) is 6.84. The van der Waals surface area contributed by atoms with Gasteiger partial charge in [0.05, 0.1) is 11.0 Å². The Labute approximate surface area is 179 Å². The van der Waals surface area contributed by atoms with E-state index in [-0.39, 0.29) is 18.3 Å². The van der Waals surface area contributed by atoms with E-state index in [9.17, 15) is 4.79 Å². The van der Waals surface area contributed by atoms with Crippen molar-refractivity contribution in [2.75, 3.05) is 11.1 Å². The maximum Gasteiger partial charge on any atom is 0.255 e. The van der Waals surface area contributed by atoms with Crippen LogP contribution in [0.25, 0.3) is 11.0 Å². The minimum atomic E-state index is -0.105. The highest BCUT2D eigenvalue weighted by molar-refractivity contribution is 6.05. The van der Waals surface area contributed by atoms with Gasteiger partial charge < -0.3 is 15.6 Å². The maximum atomic E-state index is 12.6. The number of fused-ring (bicyclic) bond motifs is 1. The molecule has 0 radical (unpaired) electrons. The number of nitrogens with two attached hydrogens (primary N) is 1. The summed E-state index contributed by atoms with van der Waals surface area (Å²) in [5.74, 6) is 0.414. The van der Waals surface area contributed by atoms with Crippen molar-refractivity contribution in [3.05, 3.63) is 53.6 Å². The number of imidazole rings is 1. The second-order valence-corrected chi connectivity index (χ2v) is 7.29. The molecule has 0 aliphatic heterocycles. The van der Waals surface area contributed by atoms with E-state index >= 15 is 0 Å². The van der Waals surface area contributed by atoms with Gasteiger partial charge in [-0.3, -0.25) is 4.79 Å². The number of nitrogens with zero attached hydrogens (tertiary/aromatic N) is 2. The molecule has 0 atom stereocenters. The number of hydrogen-bond acceptors (Lipinski definition) is 3. The molecule has 0 fully saturated rings. The molecule has 0 spiro atoms. The zero-order valence-electron chi connectivity index (χ0n) is 17.3. The monoisotopic (exact) mass is 414 g/mol.